The van der Waals surface area contributed by atoms with E-state index in [2.05, 4.69) is 10.2 Å². The quantitative estimate of drug-likeness (QED) is 0.789. The van der Waals surface area contributed by atoms with Crippen molar-refractivity contribution in [3.8, 4) is 0 Å². The van der Waals surface area contributed by atoms with Crippen molar-refractivity contribution >= 4 is 5.91 Å². The van der Waals surface area contributed by atoms with Gasteiger partial charge in [0.05, 0.1) is 0 Å². The minimum absolute atomic E-state index is 0.233. The van der Waals surface area contributed by atoms with E-state index < -0.39 is 0 Å². The highest BCUT2D eigenvalue weighted by Gasteiger charge is 2.38. The maximum absolute atomic E-state index is 11.3. The third-order valence-electron chi connectivity index (χ3n) is 5.00. The first-order valence-electron chi connectivity index (χ1n) is 7.49. The van der Waals surface area contributed by atoms with Gasteiger partial charge in [-0.2, -0.15) is 0 Å². The molecule has 3 heterocycles. The number of hydrogen-bond acceptors (Lipinski definition) is 3. The molecule has 0 radical (unpaired) electrons. The number of hydrogen-bond donors (Lipinski definition) is 1. The van der Waals surface area contributed by atoms with E-state index in [-0.39, 0.29) is 5.91 Å². The van der Waals surface area contributed by atoms with Crippen LogP contribution in [0.25, 0.3) is 0 Å². The molecule has 2 unspecified atom stereocenters. The van der Waals surface area contributed by atoms with E-state index in [4.69, 9.17) is 0 Å². The molecule has 0 bridgehead atoms. The zero-order valence-corrected chi connectivity index (χ0v) is 11.4. The zero-order valence-electron chi connectivity index (χ0n) is 11.4. The monoisotopic (exact) mass is 251 g/mol. The van der Waals surface area contributed by atoms with Crippen molar-refractivity contribution in [3.63, 3.8) is 0 Å². The minimum Gasteiger partial charge on any atom is -0.343 e. The minimum atomic E-state index is 0.233. The fourth-order valence-electron chi connectivity index (χ4n) is 3.94. The molecule has 0 saturated carbocycles. The van der Waals surface area contributed by atoms with Gasteiger partial charge in [0.25, 0.3) is 0 Å². The highest BCUT2D eigenvalue weighted by molar-refractivity contribution is 5.73. The van der Waals surface area contributed by atoms with Gasteiger partial charge in [-0.1, -0.05) is 0 Å². The van der Waals surface area contributed by atoms with Gasteiger partial charge in [-0.25, -0.2) is 0 Å². The van der Waals surface area contributed by atoms with E-state index in [0.717, 1.165) is 32.0 Å². The molecule has 3 aliphatic heterocycles. The van der Waals surface area contributed by atoms with Gasteiger partial charge in [-0.3, -0.25) is 9.69 Å². The maximum atomic E-state index is 11.3. The van der Waals surface area contributed by atoms with Crippen LogP contribution in [-0.4, -0.2) is 60.0 Å². The number of piperidine rings is 1. The molecule has 4 nitrogen and oxygen atoms in total. The molecule has 3 fully saturated rings. The number of amides is 1. The lowest BCUT2D eigenvalue weighted by atomic mass is 10.0. The normalized spacial score (nSPS) is 33.9. The number of fused-ring (bicyclic) bond motifs is 1. The second-order valence-corrected chi connectivity index (χ2v) is 6.09. The number of carbonyl (C=O) groups excluding carboxylic acids is 1. The Labute approximate surface area is 110 Å². The molecule has 2 atom stereocenters. The van der Waals surface area contributed by atoms with Crippen LogP contribution in [0.1, 0.15) is 39.0 Å². The summed E-state index contributed by atoms with van der Waals surface area (Å²) in [6, 6.07) is 2.14. The summed E-state index contributed by atoms with van der Waals surface area (Å²) in [5.41, 5.74) is 0. The van der Waals surface area contributed by atoms with Gasteiger partial charge in [0.1, 0.15) is 0 Å². The molecule has 3 aliphatic rings. The van der Waals surface area contributed by atoms with E-state index in [1.165, 1.54) is 32.4 Å². The maximum Gasteiger partial charge on any atom is 0.219 e. The van der Waals surface area contributed by atoms with Crippen LogP contribution >= 0.6 is 0 Å². The Morgan fingerprint density at radius 3 is 2.56 bits per heavy atom. The van der Waals surface area contributed by atoms with Gasteiger partial charge in [-0.15, -0.1) is 0 Å². The summed E-state index contributed by atoms with van der Waals surface area (Å²) in [5.74, 6) is 0.233. The highest BCUT2D eigenvalue weighted by atomic mass is 16.2. The second kappa shape index (κ2) is 5.17. The molecule has 0 spiro atoms. The first kappa shape index (κ1) is 12.4. The molecular formula is C14H25N3O. The molecule has 0 aliphatic carbocycles. The average Bonchev–Trinajstić information content (AvgIpc) is 2.95. The molecule has 102 valence electrons. The number of rotatable bonds is 2. The lowest BCUT2D eigenvalue weighted by Gasteiger charge is -2.34. The van der Waals surface area contributed by atoms with E-state index >= 15 is 0 Å². The standard InChI is InChI=1S/C14H25N3O/c1-11(18)16-8-4-12(5-9-16)15-13-6-10-17-7-2-3-14(13)17/h12-15H,2-10H2,1H3. The molecule has 3 saturated heterocycles. The van der Waals surface area contributed by atoms with Gasteiger partial charge in [0.15, 0.2) is 0 Å². The number of carbonyl (C=O) groups is 1. The average molecular weight is 251 g/mol. The fraction of sp³-hybridized carbons (Fsp3) is 0.929. The molecule has 0 aromatic rings. The van der Waals surface area contributed by atoms with Crippen LogP contribution in [0.2, 0.25) is 0 Å². The number of likely N-dealkylation sites (tertiary alicyclic amines) is 1. The summed E-state index contributed by atoms with van der Waals surface area (Å²) in [4.78, 5) is 15.9. The molecule has 18 heavy (non-hydrogen) atoms. The van der Waals surface area contributed by atoms with Crippen LogP contribution in [-0.2, 0) is 4.79 Å². The zero-order chi connectivity index (χ0) is 12.5. The Morgan fingerprint density at radius 1 is 1.06 bits per heavy atom. The first-order valence-corrected chi connectivity index (χ1v) is 7.49. The van der Waals surface area contributed by atoms with Crippen LogP contribution in [0.3, 0.4) is 0 Å². The van der Waals surface area contributed by atoms with Crippen molar-refractivity contribution in [2.24, 2.45) is 0 Å². The molecular weight excluding hydrogens is 226 g/mol. The summed E-state index contributed by atoms with van der Waals surface area (Å²) in [6.45, 7) is 6.16. The Kier molecular flexibility index (Phi) is 3.57. The Balaban J connectivity index is 1.48. The summed E-state index contributed by atoms with van der Waals surface area (Å²) >= 11 is 0. The van der Waals surface area contributed by atoms with Gasteiger partial charge in [-0.05, 0) is 38.6 Å². The van der Waals surface area contributed by atoms with Crippen LogP contribution < -0.4 is 5.32 Å². The Hall–Kier alpha value is -0.610. The van der Waals surface area contributed by atoms with Gasteiger partial charge in [0.2, 0.25) is 5.91 Å². The van der Waals surface area contributed by atoms with Crippen molar-refractivity contribution in [2.75, 3.05) is 26.2 Å². The SMILES string of the molecule is CC(=O)N1CCC(NC2CCN3CCCC23)CC1. The molecule has 1 N–H and O–H groups in total. The predicted molar refractivity (Wildman–Crippen MR) is 71.4 cm³/mol. The molecule has 1 amide bonds. The molecule has 0 aromatic heterocycles. The van der Waals surface area contributed by atoms with Gasteiger partial charge < -0.3 is 10.2 Å². The van der Waals surface area contributed by atoms with Crippen LogP contribution in [0.4, 0.5) is 0 Å². The molecule has 0 aromatic carbocycles. The van der Waals surface area contributed by atoms with Crippen molar-refractivity contribution in [1.29, 1.82) is 0 Å². The van der Waals surface area contributed by atoms with Gasteiger partial charge in [0, 0.05) is 44.7 Å². The first-order chi connectivity index (χ1) is 8.74. The third kappa shape index (κ3) is 2.41. The Morgan fingerprint density at radius 2 is 1.83 bits per heavy atom. The summed E-state index contributed by atoms with van der Waals surface area (Å²) in [7, 11) is 0. The van der Waals surface area contributed by atoms with E-state index in [1.807, 2.05) is 4.90 Å². The van der Waals surface area contributed by atoms with Gasteiger partial charge >= 0.3 is 0 Å². The van der Waals surface area contributed by atoms with Crippen LogP contribution in [0, 0.1) is 0 Å². The smallest absolute Gasteiger partial charge is 0.219 e. The molecule has 4 heteroatoms. The van der Waals surface area contributed by atoms with Crippen molar-refractivity contribution < 1.29 is 4.79 Å². The van der Waals surface area contributed by atoms with Crippen molar-refractivity contribution in [3.05, 3.63) is 0 Å². The van der Waals surface area contributed by atoms with E-state index in [9.17, 15) is 4.79 Å². The predicted octanol–water partition coefficient (Wildman–Crippen LogP) is 0.824. The lowest BCUT2D eigenvalue weighted by molar-refractivity contribution is -0.129. The van der Waals surface area contributed by atoms with Crippen LogP contribution in [0.5, 0.6) is 0 Å². The number of nitrogens with one attached hydrogen (secondary N) is 1. The Bertz CT molecular complexity index is 312. The second-order valence-electron chi connectivity index (χ2n) is 6.09. The molecule has 3 rings (SSSR count). The fourth-order valence-corrected chi connectivity index (χ4v) is 3.94. The highest BCUT2D eigenvalue weighted by Crippen LogP contribution is 2.28. The number of nitrogens with zero attached hydrogens (tertiary/aromatic N) is 2. The van der Waals surface area contributed by atoms with E-state index in [0.29, 0.717) is 12.1 Å². The van der Waals surface area contributed by atoms with E-state index in [1.54, 1.807) is 6.92 Å². The topological polar surface area (TPSA) is 35.6 Å². The summed E-state index contributed by atoms with van der Waals surface area (Å²) < 4.78 is 0. The van der Waals surface area contributed by atoms with Crippen molar-refractivity contribution in [2.45, 2.75) is 57.2 Å². The van der Waals surface area contributed by atoms with Crippen LogP contribution in [0.15, 0.2) is 0 Å². The summed E-state index contributed by atoms with van der Waals surface area (Å²) in [6.07, 6.45) is 6.33. The lowest BCUT2D eigenvalue weighted by Crippen LogP contribution is -2.50. The van der Waals surface area contributed by atoms with Crippen molar-refractivity contribution in [1.82, 2.24) is 15.1 Å². The third-order valence-corrected chi connectivity index (χ3v) is 5.00. The largest absolute Gasteiger partial charge is 0.343 e. The summed E-state index contributed by atoms with van der Waals surface area (Å²) in [5, 5.41) is 3.87.